The summed E-state index contributed by atoms with van der Waals surface area (Å²) in [6.07, 6.45) is 3.93. The van der Waals surface area contributed by atoms with E-state index in [1.807, 2.05) is 7.05 Å². The van der Waals surface area contributed by atoms with Gasteiger partial charge in [0, 0.05) is 30.2 Å². The monoisotopic (exact) mass is 269 g/mol. The maximum absolute atomic E-state index is 4.76. The van der Waals surface area contributed by atoms with Crippen LogP contribution in [0.2, 0.25) is 0 Å². The van der Waals surface area contributed by atoms with Crippen LogP contribution in [0.5, 0.6) is 0 Å². The van der Waals surface area contributed by atoms with Crippen LogP contribution >= 0.6 is 0 Å². The van der Waals surface area contributed by atoms with Gasteiger partial charge >= 0.3 is 0 Å². The fraction of sp³-hybridized carbons (Fsp3) is 0.471. The zero-order valence-electron chi connectivity index (χ0n) is 12.4. The van der Waals surface area contributed by atoms with Crippen molar-refractivity contribution in [1.29, 1.82) is 0 Å². The molecule has 0 spiro atoms. The summed E-state index contributed by atoms with van der Waals surface area (Å²) < 4.78 is 0. The molecule has 0 amide bonds. The van der Waals surface area contributed by atoms with Gasteiger partial charge in [0.15, 0.2) is 0 Å². The predicted molar refractivity (Wildman–Crippen MR) is 85.2 cm³/mol. The van der Waals surface area contributed by atoms with Crippen LogP contribution in [0.25, 0.3) is 10.9 Å². The van der Waals surface area contributed by atoms with Crippen molar-refractivity contribution in [2.24, 2.45) is 0 Å². The maximum atomic E-state index is 4.76. The smallest absolute Gasteiger partial charge is 0.0726 e. The lowest BCUT2D eigenvalue weighted by Crippen LogP contribution is -2.37. The fourth-order valence-corrected chi connectivity index (χ4v) is 3.18. The summed E-state index contributed by atoms with van der Waals surface area (Å²) in [5, 5.41) is 4.49. The van der Waals surface area contributed by atoms with Crippen LogP contribution in [-0.2, 0) is 6.54 Å². The molecule has 1 aromatic heterocycles. The molecule has 0 aliphatic carbocycles. The molecule has 1 aliphatic heterocycles. The third kappa shape index (κ3) is 2.50. The van der Waals surface area contributed by atoms with Crippen LogP contribution in [0.3, 0.4) is 0 Å². The van der Waals surface area contributed by atoms with E-state index in [0.717, 1.165) is 24.3 Å². The minimum absolute atomic E-state index is 0.622. The van der Waals surface area contributed by atoms with Gasteiger partial charge in [-0.1, -0.05) is 18.2 Å². The molecule has 1 atom stereocenters. The van der Waals surface area contributed by atoms with Gasteiger partial charge in [0.2, 0.25) is 0 Å². The van der Waals surface area contributed by atoms with Gasteiger partial charge in [-0.2, -0.15) is 0 Å². The van der Waals surface area contributed by atoms with Crippen LogP contribution in [0, 0.1) is 0 Å². The standard InChI is InChI=1S/C17H23N3/c1-13-7-5-6-10-20(13)17-11-14(12-18-2)19-16-9-4-3-8-15(16)17/h3-4,8-9,11,13,18H,5-7,10,12H2,1-2H3. The summed E-state index contributed by atoms with van der Waals surface area (Å²) in [5.41, 5.74) is 3.58. The Kier molecular flexibility index (Phi) is 3.88. The fourth-order valence-electron chi connectivity index (χ4n) is 3.18. The molecular weight excluding hydrogens is 246 g/mol. The van der Waals surface area contributed by atoms with Gasteiger partial charge in [0.05, 0.1) is 11.2 Å². The van der Waals surface area contributed by atoms with E-state index in [-0.39, 0.29) is 0 Å². The average molecular weight is 269 g/mol. The number of fused-ring (bicyclic) bond motifs is 1. The lowest BCUT2D eigenvalue weighted by atomic mass is 10.0. The first-order chi connectivity index (χ1) is 9.79. The molecule has 0 saturated carbocycles. The molecule has 0 radical (unpaired) electrons. The quantitative estimate of drug-likeness (QED) is 0.926. The molecule has 3 heteroatoms. The highest BCUT2D eigenvalue weighted by atomic mass is 15.2. The van der Waals surface area contributed by atoms with E-state index in [4.69, 9.17) is 4.98 Å². The van der Waals surface area contributed by atoms with E-state index < -0.39 is 0 Å². The van der Waals surface area contributed by atoms with Gasteiger partial charge in [0.1, 0.15) is 0 Å². The van der Waals surface area contributed by atoms with Gasteiger partial charge in [0.25, 0.3) is 0 Å². The number of aromatic nitrogens is 1. The van der Waals surface area contributed by atoms with Gasteiger partial charge in [-0.15, -0.1) is 0 Å². The Morgan fingerprint density at radius 3 is 2.95 bits per heavy atom. The van der Waals surface area contributed by atoms with Gasteiger partial charge in [-0.05, 0) is 45.4 Å². The summed E-state index contributed by atoms with van der Waals surface area (Å²) in [5.74, 6) is 0. The predicted octanol–water partition coefficient (Wildman–Crippen LogP) is 3.33. The summed E-state index contributed by atoms with van der Waals surface area (Å²) >= 11 is 0. The van der Waals surface area contributed by atoms with Crippen LogP contribution in [0.1, 0.15) is 31.9 Å². The molecule has 1 fully saturated rings. The second-order valence-electron chi connectivity index (χ2n) is 5.72. The Hall–Kier alpha value is -1.61. The van der Waals surface area contributed by atoms with Gasteiger partial charge in [-0.25, -0.2) is 0 Å². The van der Waals surface area contributed by atoms with Crippen molar-refractivity contribution in [2.75, 3.05) is 18.5 Å². The number of hydrogen-bond donors (Lipinski definition) is 1. The van der Waals surface area contributed by atoms with Crippen LogP contribution < -0.4 is 10.2 Å². The molecule has 1 N–H and O–H groups in total. The highest BCUT2D eigenvalue weighted by molar-refractivity contribution is 5.92. The van der Waals surface area contributed by atoms with Crippen molar-refractivity contribution >= 4 is 16.6 Å². The van der Waals surface area contributed by atoms with E-state index in [1.54, 1.807) is 0 Å². The Morgan fingerprint density at radius 2 is 2.15 bits per heavy atom. The first-order valence-corrected chi connectivity index (χ1v) is 7.59. The second kappa shape index (κ2) is 5.80. The Balaban J connectivity index is 2.11. The number of rotatable bonds is 3. The molecule has 0 bridgehead atoms. The van der Waals surface area contributed by atoms with Crippen molar-refractivity contribution in [3.8, 4) is 0 Å². The molecule has 1 aromatic carbocycles. The van der Waals surface area contributed by atoms with Crippen molar-refractivity contribution in [3.63, 3.8) is 0 Å². The van der Waals surface area contributed by atoms with E-state index in [0.29, 0.717) is 6.04 Å². The zero-order valence-corrected chi connectivity index (χ0v) is 12.4. The van der Waals surface area contributed by atoms with Crippen LogP contribution in [-0.4, -0.2) is 24.6 Å². The number of pyridine rings is 1. The van der Waals surface area contributed by atoms with E-state index in [1.165, 1.54) is 30.3 Å². The minimum atomic E-state index is 0.622. The third-order valence-corrected chi connectivity index (χ3v) is 4.22. The maximum Gasteiger partial charge on any atom is 0.0726 e. The summed E-state index contributed by atoms with van der Waals surface area (Å²) in [4.78, 5) is 7.32. The average Bonchev–Trinajstić information content (AvgIpc) is 2.47. The second-order valence-corrected chi connectivity index (χ2v) is 5.72. The van der Waals surface area contributed by atoms with Gasteiger partial charge in [-0.3, -0.25) is 4.98 Å². The molecule has 2 heterocycles. The van der Waals surface area contributed by atoms with Crippen molar-refractivity contribution < 1.29 is 0 Å². The Bertz CT molecular complexity index is 594. The Labute approximate surface area is 121 Å². The zero-order chi connectivity index (χ0) is 13.9. The number of anilines is 1. The topological polar surface area (TPSA) is 28.2 Å². The first-order valence-electron chi connectivity index (χ1n) is 7.59. The van der Waals surface area contributed by atoms with Crippen LogP contribution in [0.4, 0.5) is 5.69 Å². The molecule has 1 aliphatic rings. The number of benzene rings is 1. The summed E-state index contributed by atoms with van der Waals surface area (Å²) in [6.45, 7) is 4.32. The summed E-state index contributed by atoms with van der Waals surface area (Å²) in [7, 11) is 1.97. The lowest BCUT2D eigenvalue weighted by Gasteiger charge is -2.36. The normalized spacial score (nSPS) is 19.5. The molecule has 106 valence electrons. The minimum Gasteiger partial charge on any atom is -0.368 e. The van der Waals surface area contributed by atoms with Gasteiger partial charge < -0.3 is 10.2 Å². The van der Waals surface area contributed by atoms with E-state index in [2.05, 4.69) is 47.5 Å². The Morgan fingerprint density at radius 1 is 1.30 bits per heavy atom. The summed E-state index contributed by atoms with van der Waals surface area (Å²) in [6, 6.07) is 11.4. The number of nitrogens with one attached hydrogen (secondary N) is 1. The lowest BCUT2D eigenvalue weighted by molar-refractivity contribution is 0.485. The van der Waals surface area contributed by atoms with Crippen LogP contribution in [0.15, 0.2) is 30.3 Å². The molecular formula is C17H23N3. The van der Waals surface area contributed by atoms with E-state index in [9.17, 15) is 0 Å². The van der Waals surface area contributed by atoms with E-state index >= 15 is 0 Å². The van der Waals surface area contributed by atoms with Crippen molar-refractivity contribution in [2.45, 2.75) is 38.8 Å². The molecule has 1 unspecified atom stereocenters. The first kappa shape index (κ1) is 13.4. The molecule has 1 saturated heterocycles. The van der Waals surface area contributed by atoms with Crippen molar-refractivity contribution in [3.05, 3.63) is 36.0 Å². The number of para-hydroxylation sites is 1. The molecule has 3 nitrogen and oxygen atoms in total. The number of hydrogen-bond acceptors (Lipinski definition) is 3. The van der Waals surface area contributed by atoms with Crippen molar-refractivity contribution in [1.82, 2.24) is 10.3 Å². The largest absolute Gasteiger partial charge is 0.368 e. The molecule has 3 rings (SSSR count). The molecule has 2 aromatic rings. The SMILES string of the molecule is CNCc1cc(N2CCCCC2C)c2ccccc2n1. The third-order valence-electron chi connectivity index (χ3n) is 4.22. The molecule has 20 heavy (non-hydrogen) atoms. The number of piperidine rings is 1. The highest BCUT2D eigenvalue weighted by Gasteiger charge is 2.21. The highest BCUT2D eigenvalue weighted by Crippen LogP contribution is 2.31. The number of nitrogens with zero attached hydrogens (tertiary/aromatic N) is 2.